The molecule has 0 saturated carbocycles. The Bertz CT molecular complexity index is 1790. The lowest BCUT2D eigenvalue weighted by Gasteiger charge is -2.39. The van der Waals surface area contributed by atoms with Crippen molar-refractivity contribution in [1.29, 1.82) is 0 Å². The summed E-state index contributed by atoms with van der Waals surface area (Å²) in [5.74, 6) is 1.43. The van der Waals surface area contributed by atoms with Crippen molar-refractivity contribution in [3.8, 4) is 5.75 Å². The van der Waals surface area contributed by atoms with Crippen LogP contribution in [0.15, 0.2) is 88.6 Å². The first kappa shape index (κ1) is 21.7. The smallest absolute Gasteiger partial charge is 0.163 e. The van der Waals surface area contributed by atoms with E-state index in [1.54, 1.807) is 0 Å². The molecule has 0 bridgehead atoms. The summed E-state index contributed by atoms with van der Waals surface area (Å²) < 4.78 is 7.71. The topological polar surface area (TPSA) is 52.1 Å². The Kier molecular flexibility index (Phi) is 4.65. The number of ether oxygens (including phenoxy) is 1. The van der Waals surface area contributed by atoms with Crippen LogP contribution in [-0.4, -0.2) is 15.8 Å². The van der Waals surface area contributed by atoms with Gasteiger partial charge in [-0.05, 0) is 35.2 Å². The molecule has 0 amide bonds. The van der Waals surface area contributed by atoms with Crippen LogP contribution in [0.4, 0.5) is 0 Å². The zero-order valence-electron chi connectivity index (χ0n) is 20.0. The van der Waals surface area contributed by atoms with Crippen molar-refractivity contribution >= 4 is 54.6 Å². The third-order valence-corrected chi connectivity index (χ3v) is 7.85. The van der Waals surface area contributed by atoms with E-state index < -0.39 is 0 Å². The highest BCUT2D eigenvalue weighted by Crippen LogP contribution is 2.54. The number of carbonyl (C=O) groups excluding carboxylic acids is 1. The van der Waals surface area contributed by atoms with Gasteiger partial charge in [0.05, 0.1) is 22.1 Å². The Morgan fingerprint density at radius 2 is 1.56 bits per heavy atom. The highest BCUT2D eigenvalue weighted by Gasteiger charge is 2.43. The van der Waals surface area contributed by atoms with E-state index in [0.29, 0.717) is 12.8 Å². The Labute approximate surface area is 217 Å². The van der Waals surface area contributed by atoms with Crippen LogP contribution in [0.3, 0.4) is 0 Å². The molecule has 0 fully saturated rings. The first-order valence-electron chi connectivity index (χ1n) is 12.2. The molecule has 2 aliphatic rings. The van der Waals surface area contributed by atoms with Crippen LogP contribution in [0.25, 0.3) is 32.8 Å². The Morgan fingerprint density at radius 3 is 2.31 bits per heavy atom. The van der Waals surface area contributed by atoms with Crippen molar-refractivity contribution in [2.24, 2.45) is 5.41 Å². The summed E-state index contributed by atoms with van der Waals surface area (Å²) in [7, 11) is 0. The number of carbonyl (C=O) groups is 1. The lowest BCUT2D eigenvalue weighted by atomic mass is 9.69. The number of hydrogen-bond acceptors (Lipinski definition) is 4. The number of allylic oxidation sites excluding steroid dienone is 2. The number of rotatable bonds is 1. The number of Topliss-reactive ketones (excluding diaryl/α,β-unsaturated/α-hetero) is 1. The standard InChI is InChI=1S/C31H23BrN2O2/c1-31(2)15-23(35)26-24(16-31)36-30-20-11-4-3-10-19(20)28-29(34-22-13-6-5-12-21(22)33-28)27(30)25(26)17-8-7-9-18(32)14-17/h3-14,25H,15-16H2,1-2H3. The van der Waals surface area contributed by atoms with E-state index in [9.17, 15) is 4.79 Å². The maximum absolute atomic E-state index is 13.7. The van der Waals surface area contributed by atoms with E-state index in [2.05, 4.69) is 54.0 Å². The minimum absolute atomic E-state index is 0.145. The lowest BCUT2D eigenvalue weighted by Crippen LogP contribution is -2.33. The molecule has 7 rings (SSSR count). The highest BCUT2D eigenvalue weighted by molar-refractivity contribution is 9.10. The van der Waals surface area contributed by atoms with Crippen molar-refractivity contribution in [1.82, 2.24) is 9.97 Å². The fourth-order valence-electron chi connectivity index (χ4n) is 5.87. The number of para-hydroxylation sites is 2. The van der Waals surface area contributed by atoms with Gasteiger partial charge in [0.2, 0.25) is 0 Å². The van der Waals surface area contributed by atoms with Crippen LogP contribution < -0.4 is 4.74 Å². The molecule has 1 aliphatic heterocycles. The minimum Gasteiger partial charge on any atom is -0.460 e. The molecule has 4 aromatic carbocycles. The summed E-state index contributed by atoms with van der Waals surface area (Å²) in [6, 6.07) is 24.4. The van der Waals surface area contributed by atoms with Gasteiger partial charge in [-0.3, -0.25) is 4.79 Å². The van der Waals surface area contributed by atoms with Gasteiger partial charge >= 0.3 is 0 Å². The molecule has 36 heavy (non-hydrogen) atoms. The highest BCUT2D eigenvalue weighted by atomic mass is 79.9. The summed E-state index contributed by atoms with van der Waals surface area (Å²) in [6.45, 7) is 4.27. The third kappa shape index (κ3) is 3.22. The molecule has 0 N–H and O–H groups in total. The van der Waals surface area contributed by atoms with Crippen LogP contribution in [0.2, 0.25) is 0 Å². The summed E-state index contributed by atoms with van der Waals surface area (Å²) >= 11 is 3.65. The molecule has 5 aromatic rings. The molecule has 0 radical (unpaired) electrons. The summed E-state index contributed by atoms with van der Waals surface area (Å²) in [5, 5.41) is 2.00. The molecule has 0 spiro atoms. The molecular formula is C31H23BrN2O2. The first-order chi connectivity index (χ1) is 17.4. The van der Waals surface area contributed by atoms with Crippen LogP contribution in [-0.2, 0) is 4.79 Å². The predicted octanol–water partition coefficient (Wildman–Crippen LogP) is 7.87. The maximum Gasteiger partial charge on any atom is 0.163 e. The molecule has 176 valence electrons. The summed E-state index contributed by atoms with van der Waals surface area (Å²) in [5.41, 5.74) is 5.86. The maximum atomic E-state index is 13.7. The van der Waals surface area contributed by atoms with E-state index in [1.165, 1.54) is 0 Å². The van der Waals surface area contributed by atoms with Crippen LogP contribution >= 0.6 is 15.9 Å². The average Bonchev–Trinajstić information content (AvgIpc) is 2.86. The molecule has 1 aromatic heterocycles. The number of aromatic nitrogens is 2. The van der Waals surface area contributed by atoms with Gasteiger partial charge in [-0.15, -0.1) is 0 Å². The van der Waals surface area contributed by atoms with E-state index in [0.717, 1.165) is 65.5 Å². The molecule has 0 saturated heterocycles. The van der Waals surface area contributed by atoms with Gasteiger partial charge in [0, 0.05) is 45.1 Å². The fraction of sp³-hybridized carbons (Fsp3) is 0.194. The largest absolute Gasteiger partial charge is 0.460 e. The van der Waals surface area contributed by atoms with Gasteiger partial charge in [0.15, 0.2) is 5.78 Å². The van der Waals surface area contributed by atoms with Crippen molar-refractivity contribution in [3.05, 3.63) is 99.7 Å². The molecule has 1 atom stereocenters. The Hall–Kier alpha value is -3.57. The van der Waals surface area contributed by atoms with Crippen molar-refractivity contribution in [3.63, 3.8) is 0 Å². The molecule has 2 heterocycles. The second kappa shape index (κ2) is 7.71. The second-order valence-electron chi connectivity index (χ2n) is 10.6. The Morgan fingerprint density at radius 1 is 0.861 bits per heavy atom. The van der Waals surface area contributed by atoms with Crippen LogP contribution in [0, 0.1) is 5.41 Å². The van der Waals surface area contributed by atoms with Crippen molar-refractivity contribution < 1.29 is 9.53 Å². The third-order valence-electron chi connectivity index (χ3n) is 7.36. The second-order valence-corrected chi connectivity index (χ2v) is 11.5. The van der Waals surface area contributed by atoms with Gasteiger partial charge in [-0.1, -0.05) is 78.3 Å². The SMILES string of the molecule is CC1(C)CC(=O)C2=C(C1)Oc1c(c3nc4ccccc4nc3c3ccccc13)C2c1cccc(Br)c1. The number of halogens is 1. The summed E-state index contributed by atoms with van der Waals surface area (Å²) in [6.07, 6.45) is 1.21. The number of hydrogen-bond donors (Lipinski definition) is 0. The van der Waals surface area contributed by atoms with Gasteiger partial charge in [0.25, 0.3) is 0 Å². The number of ketones is 1. The monoisotopic (exact) mass is 534 g/mol. The average molecular weight is 535 g/mol. The minimum atomic E-state index is -0.285. The molecular weight excluding hydrogens is 512 g/mol. The van der Waals surface area contributed by atoms with E-state index >= 15 is 0 Å². The van der Waals surface area contributed by atoms with Gasteiger partial charge in [-0.25, -0.2) is 9.97 Å². The molecule has 5 heteroatoms. The van der Waals surface area contributed by atoms with Gasteiger partial charge in [-0.2, -0.15) is 0 Å². The molecule has 1 unspecified atom stereocenters. The van der Waals surface area contributed by atoms with E-state index in [4.69, 9.17) is 14.7 Å². The normalized spacial score (nSPS) is 18.9. The number of fused-ring (bicyclic) bond motifs is 7. The van der Waals surface area contributed by atoms with Gasteiger partial charge in [0.1, 0.15) is 11.5 Å². The molecule has 1 aliphatic carbocycles. The van der Waals surface area contributed by atoms with E-state index in [-0.39, 0.29) is 17.1 Å². The molecule has 4 nitrogen and oxygen atoms in total. The van der Waals surface area contributed by atoms with Crippen molar-refractivity contribution in [2.45, 2.75) is 32.6 Å². The zero-order chi connectivity index (χ0) is 24.6. The predicted molar refractivity (Wildman–Crippen MR) is 146 cm³/mol. The number of nitrogens with zero attached hydrogens (tertiary/aromatic N) is 2. The first-order valence-corrected chi connectivity index (χ1v) is 13.0. The lowest BCUT2D eigenvalue weighted by molar-refractivity contribution is -0.118. The van der Waals surface area contributed by atoms with Crippen molar-refractivity contribution in [2.75, 3.05) is 0 Å². The zero-order valence-corrected chi connectivity index (χ0v) is 21.6. The van der Waals surface area contributed by atoms with Gasteiger partial charge < -0.3 is 4.74 Å². The Balaban J connectivity index is 1.66. The van der Waals surface area contributed by atoms with Crippen LogP contribution in [0.5, 0.6) is 5.75 Å². The number of benzene rings is 4. The fourth-order valence-corrected chi connectivity index (χ4v) is 6.29. The van der Waals surface area contributed by atoms with Crippen LogP contribution in [0.1, 0.15) is 43.7 Å². The summed E-state index contributed by atoms with van der Waals surface area (Å²) in [4.78, 5) is 24.0. The quantitative estimate of drug-likeness (QED) is 0.162. The van der Waals surface area contributed by atoms with E-state index in [1.807, 2.05) is 48.5 Å².